The molecule has 2 heterocycles. The number of nitrogens with one attached hydrogen (secondary N) is 2. The van der Waals surface area contributed by atoms with Crippen molar-refractivity contribution in [2.75, 3.05) is 13.2 Å². The summed E-state index contributed by atoms with van der Waals surface area (Å²) < 4.78 is 16.2. The minimum Gasteiger partial charge on any atom is -0.463 e. The third-order valence-electron chi connectivity index (χ3n) is 4.44. The van der Waals surface area contributed by atoms with E-state index >= 15 is 0 Å². The summed E-state index contributed by atoms with van der Waals surface area (Å²) in [6.07, 6.45) is 1.96. The fourth-order valence-corrected chi connectivity index (χ4v) is 3.02. The smallest absolute Gasteiger partial charge is 0.344 e. The van der Waals surface area contributed by atoms with E-state index in [4.69, 9.17) is 14.2 Å². The van der Waals surface area contributed by atoms with E-state index in [0.717, 1.165) is 0 Å². The van der Waals surface area contributed by atoms with Gasteiger partial charge in [0.25, 0.3) is 0 Å². The number of nitrogens with zero attached hydrogens (tertiary/aromatic N) is 1. The van der Waals surface area contributed by atoms with E-state index in [2.05, 4.69) is 15.6 Å². The van der Waals surface area contributed by atoms with Crippen molar-refractivity contribution in [3.05, 3.63) is 65.5 Å². The predicted molar refractivity (Wildman–Crippen MR) is 110 cm³/mol. The van der Waals surface area contributed by atoms with E-state index in [1.165, 1.54) is 12.3 Å². The zero-order valence-corrected chi connectivity index (χ0v) is 17.2. The second kappa shape index (κ2) is 10.2. The lowest BCUT2D eigenvalue weighted by Crippen LogP contribution is -2.51. The molecular weight excluding hydrogens is 402 g/mol. The molecule has 3 rings (SSSR count). The first-order valence-electron chi connectivity index (χ1n) is 9.86. The maximum atomic E-state index is 12.7. The van der Waals surface area contributed by atoms with Gasteiger partial charge in [0.1, 0.15) is 17.9 Å². The number of hydrogen-bond acceptors (Lipinski definition) is 7. The average molecular weight is 425 g/mol. The van der Waals surface area contributed by atoms with Crippen LogP contribution in [0.1, 0.15) is 30.6 Å². The number of amides is 2. The Morgan fingerprint density at radius 2 is 1.81 bits per heavy atom. The number of hydrogen-bond donors (Lipinski definition) is 2. The largest absolute Gasteiger partial charge is 0.463 e. The topological polar surface area (TPSA) is 116 Å². The first kappa shape index (κ1) is 21.8. The maximum absolute atomic E-state index is 12.7. The van der Waals surface area contributed by atoms with E-state index in [1.807, 2.05) is 13.0 Å². The van der Waals surface area contributed by atoms with E-state index in [-0.39, 0.29) is 35.9 Å². The lowest BCUT2D eigenvalue weighted by atomic mass is 10.0. The van der Waals surface area contributed by atoms with Crippen molar-refractivity contribution in [1.29, 1.82) is 0 Å². The van der Waals surface area contributed by atoms with Gasteiger partial charge < -0.3 is 24.8 Å². The molecule has 0 saturated carbocycles. The summed E-state index contributed by atoms with van der Waals surface area (Å²) in [5.74, 6) is -0.698. The van der Waals surface area contributed by atoms with Crippen molar-refractivity contribution in [1.82, 2.24) is 15.6 Å². The van der Waals surface area contributed by atoms with Crippen molar-refractivity contribution in [2.45, 2.75) is 26.3 Å². The van der Waals surface area contributed by atoms with Gasteiger partial charge in [0.2, 0.25) is 5.88 Å². The van der Waals surface area contributed by atoms with Gasteiger partial charge in [0.05, 0.1) is 23.9 Å². The number of esters is 2. The number of ether oxygens (including phenoxy) is 3. The van der Waals surface area contributed by atoms with Gasteiger partial charge in [-0.1, -0.05) is 25.1 Å². The average Bonchev–Trinajstić information content (AvgIpc) is 2.78. The van der Waals surface area contributed by atoms with Gasteiger partial charge in [0.15, 0.2) is 0 Å². The number of rotatable bonds is 8. The van der Waals surface area contributed by atoms with E-state index < -0.39 is 24.0 Å². The molecule has 1 aromatic heterocycles. The fraction of sp³-hybridized carbons (Fsp3) is 0.273. The summed E-state index contributed by atoms with van der Waals surface area (Å²) in [6, 6.07) is 11.0. The Balaban J connectivity index is 1.80. The highest BCUT2D eigenvalue weighted by Gasteiger charge is 2.32. The van der Waals surface area contributed by atoms with Crippen LogP contribution in [0.4, 0.5) is 4.79 Å². The molecule has 162 valence electrons. The fourth-order valence-electron chi connectivity index (χ4n) is 3.02. The predicted octanol–water partition coefficient (Wildman–Crippen LogP) is 2.94. The lowest BCUT2D eigenvalue weighted by Gasteiger charge is -2.28. The van der Waals surface area contributed by atoms with Crippen molar-refractivity contribution < 1.29 is 28.6 Å². The van der Waals surface area contributed by atoms with E-state index in [9.17, 15) is 14.4 Å². The Kier molecular flexibility index (Phi) is 7.21. The second-order valence-corrected chi connectivity index (χ2v) is 6.52. The third-order valence-corrected chi connectivity index (χ3v) is 4.44. The number of benzene rings is 1. The molecule has 9 heteroatoms. The van der Waals surface area contributed by atoms with E-state index in [0.29, 0.717) is 12.2 Å². The van der Waals surface area contributed by atoms with Crippen LogP contribution in [0.15, 0.2) is 59.9 Å². The minimum atomic E-state index is -0.712. The molecule has 0 aliphatic carbocycles. The zero-order chi connectivity index (χ0) is 22.2. The molecule has 0 bridgehead atoms. The summed E-state index contributed by atoms with van der Waals surface area (Å²) in [4.78, 5) is 41.2. The molecule has 0 saturated heterocycles. The van der Waals surface area contributed by atoms with Gasteiger partial charge in [-0.3, -0.25) is 0 Å². The zero-order valence-electron chi connectivity index (χ0n) is 17.2. The Morgan fingerprint density at radius 3 is 2.52 bits per heavy atom. The van der Waals surface area contributed by atoms with Gasteiger partial charge >= 0.3 is 18.0 Å². The first-order valence-corrected chi connectivity index (χ1v) is 9.86. The molecule has 0 spiro atoms. The van der Waals surface area contributed by atoms with Crippen LogP contribution in [-0.2, 0) is 14.3 Å². The highest BCUT2D eigenvalue weighted by Crippen LogP contribution is 2.24. The molecular formula is C22H23N3O6. The summed E-state index contributed by atoms with van der Waals surface area (Å²) >= 11 is 0. The number of para-hydroxylation sites is 1. The van der Waals surface area contributed by atoms with Crippen molar-refractivity contribution in [3.8, 4) is 11.6 Å². The van der Waals surface area contributed by atoms with Crippen LogP contribution >= 0.6 is 0 Å². The molecule has 2 amide bonds. The number of carbonyl (C=O) groups excluding carboxylic acids is 3. The van der Waals surface area contributed by atoms with Crippen LogP contribution in [0.25, 0.3) is 0 Å². The summed E-state index contributed by atoms with van der Waals surface area (Å²) in [7, 11) is 0. The quantitative estimate of drug-likeness (QED) is 0.625. The van der Waals surface area contributed by atoms with Crippen molar-refractivity contribution in [3.63, 3.8) is 0 Å². The minimum absolute atomic E-state index is 0.0825. The lowest BCUT2D eigenvalue weighted by molar-refractivity contribution is -0.139. The number of carbonyl (C=O) groups is 3. The van der Waals surface area contributed by atoms with Crippen LogP contribution in [0, 0.1) is 0 Å². The normalized spacial score (nSPS) is 15.5. The number of pyridine rings is 1. The van der Waals surface area contributed by atoms with Gasteiger partial charge in [-0.15, -0.1) is 0 Å². The first-order chi connectivity index (χ1) is 15.0. The second-order valence-electron chi connectivity index (χ2n) is 6.52. The highest BCUT2D eigenvalue weighted by atomic mass is 16.5. The molecule has 1 aliphatic rings. The Hall–Kier alpha value is -3.88. The molecule has 1 aromatic carbocycles. The molecule has 31 heavy (non-hydrogen) atoms. The van der Waals surface area contributed by atoms with Crippen LogP contribution in [0.2, 0.25) is 0 Å². The molecule has 9 nitrogen and oxygen atoms in total. The Morgan fingerprint density at radius 1 is 1.03 bits per heavy atom. The molecule has 1 atom stereocenters. The standard InChI is InChI=1S/C22H23N3O6/c1-3-16-18(21(27)29-4-2)17(25-22(28)24-16)13-30-20(26)15-11-8-12-23-19(15)31-14-9-6-5-7-10-14/h5-12,16H,3-4,13H2,1-2H3,(H2,24,25,28). The summed E-state index contributed by atoms with van der Waals surface area (Å²) in [5, 5.41) is 5.20. The highest BCUT2D eigenvalue weighted by molar-refractivity contribution is 5.95. The summed E-state index contributed by atoms with van der Waals surface area (Å²) in [6.45, 7) is 3.36. The maximum Gasteiger partial charge on any atom is 0.344 e. The molecule has 2 N–H and O–H groups in total. The third kappa shape index (κ3) is 5.39. The van der Waals surface area contributed by atoms with Crippen LogP contribution < -0.4 is 15.4 Å². The molecule has 1 aliphatic heterocycles. The number of urea groups is 1. The monoisotopic (exact) mass is 425 g/mol. The van der Waals surface area contributed by atoms with Gasteiger partial charge in [-0.25, -0.2) is 19.4 Å². The van der Waals surface area contributed by atoms with Crippen molar-refractivity contribution in [2.24, 2.45) is 0 Å². The number of aromatic nitrogens is 1. The molecule has 0 fully saturated rings. The van der Waals surface area contributed by atoms with E-state index in [1.54, 1.807) is 37.3 Å². The molecule has 1 unspecified atom stereocenters. The molecule has 0 radical (unpaired) electrons. The molecule has 2 aromatic rings. The van der Waals surface area contributed by atoms with Gasteiger partial charge in [-0.05, 0) is 37.6 Å². The Labute approximate surface area is 179 Å². The summed E-state index contributed by atoms with van der Waals surface area (Å²) in [5.41, 5.74) is 0.512. The Bertz CT molecular complexity index is 990. The van der Waals surface area contributed by atoms with Crippen molar-refractivity contribution >= 4 is 18.0 Å². The van der Waals surface area contributed by atoms with Crippen LogP contribution in [0.3, 0.4) is 0 Å². The van der Waals surface area contributed by atoms with Gasteiger partial charge in [0, 0.05) is 6.20 Å². The van der Waals surface area contributed by atoms with Crippen LogP contribution in [-0.4, -0.2) is 42.2 Å². The SMILES string of the molecule is CCOC(=O)C1=C(COC(=O)c2cccnc2Oc2ccccc2)NC(=O)NC1CC. The van der Waals surface area contributed by atoms with Crippen LogP contribution in [0.5, 0.6) is 11.6 Å². The van der Waals surface area contributed by atoms with Gasteiger partial charge in [-0.2, -0.15) is 0 Å².